The third-order valence-electron chi connectivity index (χ3n) is 6.19. The van der Waals surface area contributed by atoms with Gasteiger partial charge in [0.25, 0.3) is 0 Å². The standard InChI is InChI=1S/C30H25NO2S/c1-4-31-25-15-13-23(29(32)21-9-5-19(2)6-10-21)17-27(25)34-28-18-24(14-16-26(28)31)30(33)22-11-7-20(3)8-12-22/h5-18H,4H2,1-3H3. The predicted octanol–water partition coefficient (Wildman–Crippen LogP) is 7.39. The highest BCUT2D eigenvalue weighted by atomic mass is 32.2. The highest BCUT2D eigenvalue weighted by molar-refractivity contribution is 7.99. The lowest BCUT2D eigenvalue weighted by molar-refractivity contribution is 0.103. The minimum atomic E-state index is 0.0144. The summed E-state index contributed by atoms with van der Waals surface area (Å²) >= 11 is 1.61. The molecular weight excluding hydrogens is 438 g/mol. The molecule has 1 aliphatic rings. The summed E-state index contributed by atoms with van der Waals surface area (Å²) in [5, 5.41) is 0. The molecule has 0 saturated carbocycles. The largest absolute Gasteiger partial charge is 0.340 e. The minimum absolute atomic E-state index is 0.0144. The molecule has 168 valence electrons. The van der Waals surface area contributed by atoms with Gasteiger partial charge in [0.05, 0.1) is 11.4 Å². The van der Waals surface area contributed by atoms with Crippen LogP contribution < -0.4 is 4.90 Å². The van der Waals surface area contributed by atoms with E-state index in [2.05, 4.69) is 11.8 Å². The zero-order chi connectivity index (χ0) is 23.8. The SMILES string of the molecule is CCN1c2ccc(C(=O)c3ccc(C)cc3)cc2Sc2cc(C(=O)c3ccc(C)cc3)ccc21. The zero-order valence-electron chi connectivity index (χ0n) is 19.5. The number of hydrogen-bond acceptors (Lipinski definition) is 4. The van der Waals surface area contributed by atoms with Gasteiger partial charge in [0.1, 0.15) is 0 Å². The first kappa shape index (κ1) is 22.2. The van der Waals surface area contributed by atoms with Gasteiger partial charge in [0.15, 0.2) is 11.6 Å². The molecule has 0 bridgehead atoms. The Morgan fingerprint density at radius 3 is 1.38 bits per heavy atom. The molecule has 0 amide bonds. The summed E-state index contributed by atoms with van der Waals surface area (Å²) in [6.45, 7) is 6.92. The number of aryl methyl sites for hydroxylation is 2. The Morgan fingerprint density at radius 1 is 0.618 bits per heavy atom. The Bertz CT molecular complexity index is 1300. The van der Waals surface area contributed by atoms with Crippen LogP contribution in [0, 0.1) is 13.8 Å². The van der Waals surface area contributed by atoms with E-state index < -0.39 is 0 Å². The van der Waals surface area contributed by atoms with Crippen molar-refractivity contribution in [2.45, 2.75) is 30.6 Å². The van der Waals surface area contributed by atoms with E-state index in [0.29, 0.717) is 22.3 Å². The molecule has 0 aliphatic carbocycles. The molecule has 0 saturated heterocycles. The average Bonchev–Trinajstić information content (AvgIpc) is 2.86. The molecule has 4 aromatic rings. The molecule has 0 fully saturated rings. The van der Waals surface area contributed by atoms with Gasteiger partial charge < -0.3 is 4.90 Å². The van der Waals surface area contributed by atoms with Gasteiger partial charge in [0, 0.05) is 38.6 Å². The molecule has 4 heteroatoms. The first-order valence-electron chi connectivity index (χ1n) is 11.4. The minimum Gasteiger partial charge on any atom is -0.340 e. The molecule has 0 aromatic heterocycles. The van der Waals surface area contributed by atoms with Crippen molar-refractivity contribution >= 4 is 34.7 Å². The summed E-state index contributed by atoms with van der Waals surface area (Å²) in [5.74, 6) is 0.0288. The van der Waals surface area contributed by atoms with Crippen LogP contribution in [0.15, 0.2) is 94.7 Å². The summed E-state index contributed by atoms with van der Waals surface area (Å²) in [5.41, 5.74) is 7.13. The van der Waals surface area contributed by atoms with Crippen LogP contribution in [0.25, 0.3) is 0 Å². The van der Waals surface area contributed by atoms with Crippen LogP contribution in [0.4, 0.5) is 11.4 Å². The van der Waals surface area contributed by atoms with E-state index in [1.807, 2.05) is 98.8 Å². The van der Waals surface area contributed by atoms with Gasteiger partial charge in [-0.1, -0.05) is 71.4 Å². The lowest BCUT2D eigenvalue weighted by Crippen LogP contribution is -2.20. The number of ketones is 2. The topological polar surface area (TPSA) is 37.4 Å². The number of fused-ring (bicyclic) bond motifs is 2. The van der Waals surface area contributed by atoms with Crippen molar-refractivity contribution in [1.82, 2.24) is 0 Å². The Hall–Kier alpha value is -3.63. The Morgan fingerprint density at radius 2 is 1.00 bits per heavy atom. The van der Waals surface area contributed by atoms with E-state index in [0.717, 1.165) is 38.8 Å². The maximum atomic E-state index is 13.1. The van der Waals surface area contributed by atoms with E-state index in [-0.39, 0.29) is 11.6 Å². The molecule has 0 radical (unpaired) electrons. The number of benzene rings is 4. The van der Waals surface area contributed by atoms with Crippen molar-refractivity contribution in [2.75, 3.05) is 11.4 Å². The molecule has 4 aromatic carbocycles. The van der Waals surface area contributed by atoms with Crippen LogP contribution in [-0.2, 0) is 0 Å². The fraction of sp³-hybridized carbons (Fsp3) is 0.133. The molecule has 0 unspecified atom stereocenters. The van der Waals surface area contributed by atoms with Crippen molar-refractivity contribution in [3.63, 3.8) is 0 Å². The maximum Gasteiger partial charge on any atom is 0.193 e. The maximum absolute atomic E-state index is 13.1. The highest BCUT2D eigenvalue weighted by Crippen LogP contribution is 2.48. The predicted molar refractivity (Wildman–Crippen MR) is 139 cm³/mol. The first-order chi connectivity index (χ1) is 16.4. The Balaban J connectivity index is 1.50. The second-order valence-corrected chi connectivity index (χ2v) is 9.69. The number of nitrogens with zero attached hydrogens (tertiary/aromatic N) is 1. The third kappa shape index (κ3) is 4.06. The van der Waals surface area contributed by atoms with Gasteiger partial charge in [-0.3, -0.25) is 9.59 Å². The number of carbonyl (C=O) groups excluding carboxylic acids is 2. The summed E-state index contributed by atoms with van der Waals surface area (Å²) in [4.78, 5) is 30.5. The lowest BCUT2D eigenvalue weighted by Gasteiger charge is -2.32. The van der Waals surface area contributed by atoms with Crippen molar-refractivity contribution in [3.05, 3.63) is 118 Å². The van der Waals surface area contributed by atoms with E-state index >= 15 is 0 Å². The summed E-state index contributed by atoms with van der Waals surface area (Å²) in [6, 6.07) is 27.2. The van der Waals surface area contributed by atoms with Crippen molar-refractivity contribution in [3.8, 4) is 0 Å². The summed E-state index contributed by atoms with van der Waals surface area (Å²) in [6.07, 6.45) is 0. The van der Waals surface area contributed by atoms with Crippen LogP contribution >= 0.6 is 11.8 Å². The van der Waals surface area contributed by atoms with Gasteiger partial charge in [0.2, 0.25) is 0 Å². The smallest absolute Gasteiger partial charge is 0.193 e. The zero-order valence-corrected chi connectivity index (χ0v) is 20.3. The van der Waals surface area contributed by atoms with E-state index in [4.69, 9.17) is 0 Å². The Kier molecular flexibility index (Phi) is 5.84. The highest BCUT2D eigenvalue weighted by Gasteiger charge is 2.25. The van der Waals surface area contributed by atoms with E-state index in [9.17, 15) is 9.59 Å². The Labute approximate surface area is 204 Å². The van der Waals surface area contributed by atoms with Gasteiger partial charge in [-0.2, -0.15) is 0 Å². The second-order valence-electron chi connectivity index (χ2n) is 8.60. The summed E-state index contributed by atoms with van der Waals surface area (Å²) in [7, 11) is 0. The van der Waals surface area contributed by atoms with Gasteiger partial charge >= 0.3 is 0 Å². The number of carbonyl (C=O) groups is 2. The van der Waals surface area contributed by atoms with E-state index in [1.54, 1.807) is 11.8 Å². The quantitative estimate of drug-likeness (QED) is 0.289. The van der Waals surface area contributed by atoms with Crippen molar-refractivity contribution in [2.24, 2.45) is 0 Å². The molecule has 0 spiro atoms. The van der Waals surface area contributed by atoms with Crippen LogP contribution in [0.5, 0.6) is 0 Å². The fourth-order valence-electron chi connectivity index (χ4n) is 4.25. The molecule has 0 N–H and O–H groups in total. The van der Waals surface area contributed by atoms with Gasteiger partial charge in [-0.25, -0.2) is 0 Å². The number of rotatable bonds is 5. The number of hydrogen-bond donors (Lipinski definition) is 0. The number of anilines is 2. The van der Waals surface area contributed by atoms with Gasteiger partial charge in [-0.05, 0) is 57.2 Å². The van der Waals surface area contributed by atoms with E-state index in [1.165, 1.54) is 0 Å². The van der Waals surface area contributed by atoms with Gasteiger partial charge in [-0.15, -0.1) is 0 Å². The molecule has 34 heavy (non-hydrogen) atoms. The first-order valence-corrected chi connectivity index (χ1v) is 12.2. The monoisotopic (exact) mass is 463 g/mol. The molecule has 0 atom stereocenters. The third-order valence-corrected chi connectivity index (χ3v) is 7.28. The molecule has 5 rings (SSSR count). The second kappa shape index (κ2) is 8.96. The normalized spacial score (nSPS) is 12.1. The molecular formula is C30H25NO2S. The fourth-order valence-corrected chi connectivity index (χ4v) is 5.43. The van der Waals surface area contributed by atoms with Crippen LogP contribution in [0.1, 0.15) is 49.9 Å². The van der Waals surface area contributed by atoms with Crippen molar-refractivity contribution < 1.29 is 9.59 Å². The molecule has 1 aliphatic heterocycles. The lowest BCUT2D eigenvalue weighted by atomic mass is 10.0. The van der Waals surface area contributed by atoms with Crippen LogP contribution in [0.3, 0.4) is 0 Å². The van der Waals surface area contributed by atoms with Crippen molar-refractivity contribution in [1.29, 1.82) is 0 Å². The van der Waals surface area contributed by atoms with Crippen LogP contribution in [-0.4, -0.2) is 18.1 Å². The average molecular weight is 464 g/mol. The van der Waals surface area contributed by atoms with Crippen LogP contribution in [0.2, 0.25) is 0 Å². The molecule has 1 heterocycles. The summed E-state index contributed by atoms with van der Waals surface area (Å²) < 4.78 is 0. The molecule has 3 nitrogen and oxygen atoms in total.